The van der Waals surface area contributed by atoms with Crippen molar-refractivity contribution in [2.24, 2.45) is 0 Å². The van der Waals surface area contributed by atoms with Crippen molar-refractivity contribution in [3.63, 3.8) is 0 Å². The largest absolute Gasteiger partial charge is 0.398 e. The van der Waals surface area contributed by atoms with Gasteiger partial charge in [0.25, 0.3) is 0 Å². The van der Waals surface area contributed by atoms with Crippen LogP contribution in [0.15, 0.2) is 10.7 Å². The van der Waals surface area contributed by atoms with Crippen molar-refractivity contribution in [1.82, 2.24) is 14.8 Å². The zero-order valence-electron chi connectivity index (χ0n) is 11.1. The van der Waals surface area contributed by atoms with Crippen LogP contribution >= 0.6 is 15.9 Å². The minimum Gasteiger partial charge on any atom is -0.398 e. The molecule has 4 nitrogen and oxygen atoms in total. The van der Waals surface area contributed by atoms with Gasteiger partial charge in [-0.1, -0.05) is 0 Å². The van der Waals surface area contributed by atoms with Gasteiger partial charge in [0.1, 0.15) is 0 Å². The van der Waals surface area contributed by atoms with E-state index in [-0.39, 0.29) is 0 Å². The van der Waals surface area contributed by atoms with E-state index >= 15 is 0 Å². The maximum Gasteiger partial charge on any atom is 0.0838 e. The minimum atomic E-state index is 0.647. The molecule has 0 amide bonds. The van der Waals surface area contributed by atoms with Gasteiger partial charge < -0.3 is 5.73 Å². The highest BCUT2D eigenvalue weighted by Crippen LogP contribution is 2.23. The first-order chi connectivity index (χ1) is 8.41. The molecule has 0 saturated carbocycles. The molecule has 0 aliphatic carbocycles. The highest BCUT2D eigenvalue weighted by molar-refractivity contribution is 9.10. The summed E-state index contributed by atoms with van der Waals surface area (Å²) in [5, 5.41) is 4.49. The fourth-order valence-corrected chi connectivity index (χ4v) is 2.21. The molecular formula is C13H17BrN4. The van der Waals surface area contributed by atoms with E-state index in [0.29, 0.717) is 6.54 Å². The SMILES string of the molecule is Cc1cnc(Cn2nc(C)c(Br)c2C)c(C)c1N. The number of hydrogen-bond acceptors (Lipinski definition) is 3. The number of hydrogen-bond donors (Lipinski definition) is 1. The van der Waals surface area contributed by atoms with Gasteiger partial charge in [-0.3, -0.25) is 9.67 Å². The second-order valence-electron chi connectivity index (χ2n) is 4.57. The van der Waals surface area contributed by atoms with Gasteiger partial charge >= 0.3 is 0 Å². The van der Waals surface area contributed by atoms with Gasteiger partial charge in [-0.2, -0.15) is 5.10 Å². The molecule has 0 unspecified atom stereocenters. The van der Waals surface area contributed by atoms with Crippen molar-refractivity contribution < 1.29 is 0 Å². The minimum absolute atomic E-state index is 0.647. The van der Waals surface area contributed by atoms with Crippen LogP contribution < -0.4 is 5.73 Å². The van der Waals surface area contributed by atoms with Crippen LogP contribution in [0.25, 0.3) is 0 Å². The van der Waals surface area contributed by atoms with E-state index in [1.165, 1.54) is 0 Å². The molecular weight excluding hydrogens is 292 g/mol. The zero-order chi connectivity index (χ0) is 13.4. The maximum absolute atomic E-state index is 6.03. The fourth-order valence-electron chi connectivity index (χ4n) is 1.92. The Balaban J connectivity index is 2.40. The number of nitrogens with two attached hydrogens (primary N) is 1. The van der Waals surface area contributed by atoms with Crippen LogP contribution in [0.5, 0.6) is 0 Å². The summed E-state index contributed by atoms with van der Waals surface area (Å²) in [6, 6.07) is 0. The van der Waals surface area contributed by atoms with Crippen LogP contribution in [0.1, 0.15) is 28.2 Å². The number of halogens is 1. The van der Waals surface area contributed by atoms with Crippen LogP contribution in [-0.2, 0) is 6.54 Å². The van der Waals surface area contributed by atoms with Crippen molar-refractivity contribution >= 4 is 21.6 Å². The average molecular weight is 309 g/mol. The summed E-state index contributed by atoms with van der Waals surface area (Å²) in [5.41, 5.74) is 12.0. The lowest BCUT2D eigenvalue weighted by Crippen LogP contribution is -2.09. The average Bonchev–Trinajstić information content (AvgIpc) is 2.58. The second kappa shape index (κ2) is 4.72. The monoisotopic (exact) mass is 308 g/mol. The number of nitrogen functional groups attached to an aromatic ring is 1. The number of aryl methyl sites for hydroxylation is 2. The predicted molar refractivity (Wildman–Crippen MR) is 76.6 cm³/mol. The molecule has 0 aliphatic rings. The summed E-state index contributed by atoms with van der Waals surface area (Å²) in [4.78, 5) is 4.46. The molecule has 18 heavy (non-hydrogen) atoms. The summed E-state index contributed by atoms with van der Waals surface area (Å²) in [7, 11) is 0. The van der Waals surface area contributed by atoms with Crippen molar-refractivity contribution in [3.05, 3.63) is 38.9 Å². The zero-order valence-corrected chi connectivity index (χ0v) is 12.7. The lowest BCUT2D eigenvalue weighted by atomic mass is 10.1. The Morgan fingerprint density at radius 1 is 1.28 bits per heavy atom. The first-order valence-corrected chi connectivity index (χ1v) is 6.61. The Bertz CT molecular complexity index is 602. The van der Waals surface area contributed by atoms with E-state index in [9.17, 15) is 0 Å². The summed E-state index contributed by atoms with van der Waals surface area (Å²) < 4.78 is 3.00. The normalized spacial score (nSPS) is 10.9. The summed E-state index contributed by atoms with van der Waals surface area (Å²) >= 11 is 3.53. The van der Waals surface area contributed by atoms with Gasteiger partial charge in [0.05, 0.1) is 28.1 Å². The van der Waals surface area contributed by atoms with E-state index in [1.807, 2.05) is 38.6 Å². The molecule has 0 bridgehead atoms. The molecule has 0 spiro atoms. The van der Waals surface area contributed by atoms with Crippen molar-refractivity contribution in [2.75, 3.05) is 5.73 Å². The lowest BCUT2D eigenvalue weighted by molar-refractivity contribution is 0.643. The topological polar surface area (TPSA) is 56.7 Å². The van der Waals surface area contributed by atoms with Gasteiger partial charge in [-0.05, 0) is 54.8 Å². The van der Waals surface area contributed by atoms with Gasteiger partial charge in [0.2, 0.25) is 0 Å². The number of rotatable bonds is 2. The van der Waals surface area contributed by atoms with E-state index in [2.05, 4.69) is 26.0 Å². The molecule has 2 aromatic heterocycles. The highest BCUT2D eigenvalue weighted by Gasteiger charge is 2.12. The summed E-state index contributed by atoms with van der Waals surface area (Å²) in [5.74, 6) is 0. The Morgan fingerprint density at radius 2 is 1.94 bits per heavy atom. The molecule has 2 aromatic rings. The predicted octanol–water partition coefficient (Wildman–Crippen LogP) is 2.90. The number of anilines is 1. The first kappa shape index (κ1) is 13.1. The van der Waals surface area contributed by atoms with E-state index < -0.39 is 0 Å². The summed E-state index contributed by atoms with van der Waals surface area (Å²) in [6.45, 7) is 8.65. The van der Waals surface area contributed by atoms with Crippen LogP contribution in [0.4, 0.5) is 5.69 Å². The molecule has 2 N–H and O–H groups in total. The Morgan fingerprint density at radius 3 is 2.50 bits per heavy atom. The third kappa shape index (κ3) is 2.14. The number of nitrogens with zero attached hydrogens (tertiary/aromatic N) is 3. The first-order valence-electron chi connectivity index (χ1n) is 5.82. The van der Waals surface area contributed by atoms with Gasteiger partial charge in [0, 0.05) is 11.9 Å². The van der Waals surface area contributed by atoms with Gasteiger partial charge in [-0.15, -0.1) is 0 Å². The molecule has 0 atom stereocenters. The Labute approximate surface area is 115 Å². The summed E-state index contributed by atoms with van der Waals surface area (Å²) in [6.07, 6.45) is 1.82. The van der Waals surface area contributed by atoms with Crippen molar-refractivity contribution in [1.29, 1.82) is 0 Å². The molecule has 0 saturated heterocycles. The molecule has 0 aliphatic heterocycles. The van der Waals surface area contributed by atoms with E-state index in [0.717, 1.165) is 38.4 Å². The van der Waals surface area contributed by atoms with Crippen molar-refractivity contribution in [2.45, 2.75) is 34.2 Å². The second-order valence-corrected chi connectivity index (χ2v) is 5.36. The molecule has 0 radical (unpaired) electrons. The molecule has 0 aromatic carbocycles. The smallest absolute Gasteiger partial charge is 0.0838 e. The Hall–Kier alpha value is -1.36. The number of pyridine rings is 1. The third-order valence-electron chi connectivity index (χ3n) is 3.27. The Kier molecular flexibility index (Phi) is 3.43. The molecule has 96 valence electrons. The number of aromatic nitrogens is 3. The van der Waals surface area contributed by atoms with Gasteiger partial charge in [0.15, 0.2) is 0 Å². The van der Waals surface area contributed by atoms with Crippen molar-refractivity contribution in [3.8, 4) is 0 Å². The quantitative estimate of drug-likeness (QED) is 0.928. The standard InChI is InChI=1S/C13H17BrN4/c1-7-5-16-11(8(2)13(7)15)6-18-10(4)12(14)9(3)17-18/h5H,6H2,1-4H3,(H2,15,16). The van der Waals surface area contributed by atoms with E-state index in [4.69, 9.17) is 5.73 Å². The van der Waals surface area contributed by atoms with Crippen LogP contribution in [0.3, 0.4) is 0 Å². The van der Waals surface area contributed by atoms with E-state index in [1.54, 1.807) is 0 Å². The van der Waals surface area contributed by atoms with Crippen LogP contribution in [0.2, 0.25) is 0 Å². The third-order valence-corrected chi connectivity index (χ3v) is 4.42. The highest BCUT2D eigenvalue weighted by atomic mass is 79.9. The molecule has 2 heterocycles. The van der Waals surface area contributed by atoms with Gasteiger partial charge in [-0.25, -0.2) is 0 Å². The molecule has 0 fully saturated rings. The van der Waals surface area contributed by atoms with Crippen LogP contribution in [-0.4, -0.2) is 14.8 Å². The van der Waals surface area contributed by atoms with Crippen LogP contribution in [0, 0.1) is 27.7 Å². The lowest BCUT2D eigenvalue weighted by Gasteiger charge is -2.11. The fraction of sp³-hybridized carbons (Fsp3) is 0.385. The molecule has 2 rings (SSSR count). The molecule has 5 heteroatoms. The maximum atomic E-state index is 6.03.